The second-order valence-corrected chi connectivity index (χ2v) is 11.0. The molecule has 9 heteroatoms. The summed E-state index contributed by atoms with van der Waals surface area (Å²) in [6.45, 7) is 3.41. The number of aliphatic carboxylic acids is 1. The fraction of sp³-hybridized carbons (Fsp3) is 0.760. The number of ketones is 2. The number of aliphatic hydroxyl groups is 2. The minimum absolute atomic E-state index is 0. The van der Waals surface area contributed by atoms with Crippen LogP contribution in [0.1, 0.15) is 71.6 Å². The van der Waals surface area contributed by atoms with E-state index in [0.29, 0.717) is 12.8 Å². The van der Waals surface area contributed by atoms with Crippen LogP contribution in [0, 0.1) is 28.6 Å². The van der Waals surface area contributed by atoms with E-state index < -0.39 is 41.4 Å². The van der Waals surface area contributed by atoms with E-state index >= 15 is 0 Å². The van der Waals surface area contributed by atoms with E-state index in [1.165, 1.54) is 0 Å². The first kappa shape index (κ1) is 26.5. The molecule has 4 aliphatic rings. The zero-order valence-electron chi connectivity index (χ0n) is 19.8. The van der Waals surface area contributed by atoms with Crippen LogP contribution in [0.25, 0.3) is 0 Å². The van der Waals surface area contributed by atoms with Crippen molar-refractivity contribution in [2.75, 3.05) is 6.61 Å². The number of carboxylic acid groups (broad SMARTS) is 1. The first-order valence-corrected chi connectivity index (χ1v) is 12.0. The number of aliphatic hydroxyl groups excluding tert-OH is 1. The van der Waals surface area contributed by atoms with Crippen LogP contribution in [-0.2, 0) is 23.9 Å². The van der Waals surface area contributed by atoms with Gasteiger partial charge >= 0.3 is 11.9 Å². The molecule has 0 saturated heterocycles. The highest BCUT2D eigenvalue weighted by Gasteiger charge is 2.68. The molecule has 4 rings (SSSR count). The van der Waals surface area contributed by atoms with Gasteiger partial charge in [0.05, 0.1) is 18.9 Å². The molecule has 0 radical (unpaired) electrons. The lowest BCUT2D eigenvalue weighted by Gasteiger charge is -2.60. The van der Waals surface area contributed by atoms with Crippen LogP contribution in [-0.4, -0.2) is 62.6 Å². The number of hydrogen-bond acceptors (Lipinski definition) is 7. The summed E-state index contributed by atoms with van der Waals surface area (Å²) in [5.74, 6) is -2.20. The zero-order chi connectivity index (χ0) is 24.2. The van der Waals surface area contributed by atoms with Crippen molar-refractivity contribution in [1.29, 1.82) is 0 Å². The summed E-state index contributed by atoms with van der Waals surface area (Å²) in [7, 11) is 0. The van der Waals surface area contributed by atoms with Crippen LogP contribution in [0.2, 0.25) is 0 Å². The van der Waals surface area contributed by atoms with E-state index in [1.54, 1.807) is 6.08 Å². The fourth-order valence-electron chi connectivity index (χ4n) is 7.70. The van der Waals surface area contributed by atoms with E-state index in [9.17, 15) is 29.4 Å². The second-order valence-electron chi connectivity index (χ2n) is 11.0. The summed E-state index contributed by atoms with van der Waals surface area (Å²) in [6, 6.07) is 0. The Labute approximate surface area is 198 Å². The number of carbonyl (C=O) groups excluding carboxylic acids is 3. The minimum Gasteiger partial charge on any atom is -0.481 e. The van der Waals surface area contributed by atoms with Gasteiger partial charge in [-0.15, -0.1) is 0 Å². The minimum atomic E-state index is -1.71. The van der Waals surface area contributed by atoms with Crippen molar-refractivity contribution in [3.8, 4) is 0 Å². The molecule has 0 spiro atoms. The number of carbonyl (C=O) groups is 4. The average Bonchev–Trinajstić information content (AvgIpc) is 3.02. The molecule has 0 aliphatic heterocycles. The zero-order valence-corrected chi connectivity index (χ0v) is 19.8. The first-order chi connectivity index (χ1) is 15.4. The quantitative estimate of drug-likeness (QED) is 0.479. The summed E-state index contributed by atoms with van der Waals surface area (Å²) >= 11 is 0. The van der Waals surface area contributed by atoms with Gasteiger partial charge < -0.3 is 25.5 Å². The van der Waals surface area contributed by atoms with Crippen LogP contribution in [0.15, 0.2) is 11.6 Å². The first-order valence-electron chi connectivity index (χ1n) is 12.0. The third-order valence-electron chi connectivity index (χ3n) is 9.42. The average molecular weight is 481 g/mol. The van der Waals surface area contributed by atoms with E-state index in [-0.39, 0.29) is 60.1 Å². The van der Waals surface area contributed by atoms with Crippen LogP contribution >= 0.6 is 0 Å². The van der Waals surface area contributed by atoms with Gasteiger partial charge in [-0.05, 0) is 67.8 Å². The van der Waals surface area contributed by atoms with Gasteiger partial charge in [-0.2, -0.15) is 0 Å². The highest BCUT2D eigenvalue weighted by molar-refractivity contribution is 5.92. The molecule has 7 atom stereocenters. The van der Waals surface area contributed by atoms with Crippen molar-refractivity contribution in [2.45, 2.75) is 83.3 Å². The van der Waals surface area contributed by atoms with Crippen LogP contribution in [0.5, 0.6) is 0 Å². The van der Waals surface area contributed by atoms with Gasteiger partial charge in [0.2, 0.25) is 5.78 Å². The number of rotatable bonds is 6. The summed E-state index contributed by atoms with van der Waals surface area (Å²) in [6.07, 6.45) is 4.30. The Morgan fingerprint density at radius 1 is 1.12 bits per heavy atom. The molecule has 34 heavy (non-hydrogen) atoms. The van der Waals surface area contributed by atoms with Gasteiger partial charge in [0.25, 0.3) is 0 Å². The van der Waals surface area contributed by atoms with Crippen molar-refractivity contribution in [2.24, 2.45) is 28.6 Å². The molecule has 5 N–H and O–H groups in total. The molecule has 0 aromatic rings. The largest absolute Gasteiger partial charge is 0.481 e. The maximum absolute atomic E-state index is 13.1. The predicted molar refractivity (Wildman–Crippen MR) is 119 cm³/mol. The van der Waals surface area contributed by atoms with Crippen LogP contribution in [0.4, 0.5) is 0 Å². The molecule has 0 heterocycles. The van der Waals surface area contributed by atoms with Crippen molar-refractivity contribution >= 4 is 23.5 Å². The molecule has 9 nitrogen and oxygen atoms in total. The molecule has 0 aromatic heterocycles. The molecular formula is C25H36O9. The highest BCUT2D eigenvalue weighted by atomic mass is 16.5. The highest BCUT2D eigenvalue weighted by Crippen LogP contribution is 2.67. The van der Waals surface area contributed by atoms with Crippen molar-refractivity contribution < 1.29 is 44.7 Å². The van der Waals surface area contributed by atoms with E-state index in [4.69, 9.17) is 9.84 Å². The monoisotopic (exact) mass is 480 g/mol. The molecule has 3 saturated carbocycles. The maximum Gasteiger partial charge on any atom is 0.306 e. The van der Waals surface area contributed by atoms with Gasteiger partial charge in [0, 0.05) is 11.8 Å². The normalized spacial score (nSPS) is 40.7. The van der Waals surface area contributed by atoms with Crippen molar-refractivity contribution in [3.63, 3.8) is 0 Å². The number of ether oxygens (including phenoxy) is 1. The number of fused-ring (bicyclic) bond motifs is 5. The van der Waals surface area contributed by atoms with Crippen molar-refractivity contribution in [1.82, 2.24) is 0 Å². The van der Waals surface area contributed by atoms with E-state index in [0.717, 1.165) is 24.8 Å². The molecule has 0 aromatic carbocycles. The van der Waals surface area contributed by atoms with E-state index in [1.807, 2.05) is 6.92 Å². The van der Waals surface area contributed by atoms with Crippen molar-refractivity contribution in [3.05, 3.63) is 11.6 Å². The SMILES string of the molecule is CC12CCC(=O)C=C1CCC1C2C(O)CC2(C)C1CCC2(O)C(=O)COC(=O)CCC(=O)O.O. The van der Waals surface area contributed by atoms with Gasteiger partial charge in [0.1, 0.15) is 5.60 Å². The Morgan fingerprint density at radius 2 is 1.82 bits per heavy atom. The Morgan fingerprint density at radius 3 is 2.50 bits per heavy atom. The number of esters is 1. The molecule has 4 aliphatic carbocycles. The molecule has 0 amide bonds. The Balaban J connectivity index is 0.00000324. The Hall–Kier alpha value is -2.10. The second kappa shape index (κ2) is 9.17. The fourth-order valence-corrected chi connectivity index (χ4v) is 7.70. The number of Topliss-reactive ketones (excluding diaryl/α,β-unsaturated/α-hetero) is 1. The molecular weight excluding hydrogens is 444 g/mol. The molecule has 3 fully saturated rings. The van der Waals surface area contributed by atoms with Crippen LogP contribution in [0.3, 0.4) is 0 Å². The molecule has 7 unspecified atom stereocenters. The molecule has 0 bridgehead atoms. The lowest BCUT2D eigenvalue weighted by Crippen LogP contribution is -2.62. The lowest BCUT2D eigenvalue weighted by molar-refractivity contribution is -0.184. The smallest absolute Gasteiger partial charge is 0.306 e. The maximum atomic E-state index is 13.1. The lowest BCUT2D eigenvalue weighted by atomic mass is 9.45. The predicted octanol–water partition coefficient (Wildman–Crippen LogP) is 1.37. The van der Waals surface area contributed by atoms with Gasteiger partial charge in [-0.3, -0.25) is 19.2 Å². The Kier molecular flexibility index (Phi) is 7.14. The van der Waals surface area contributed by atoms with Gasteiger partial charge in [-0.1, -0.05) is 19.4 Å². The number of allylic oxidation sites excluding steroid dienone is 1. The third kappa shape index (κ3) is 4.01. The molecule has 190 valence electrons. The van der Waals surface area contributed by atoms with Crippen LogP contribution < -0.4 is 0 Å². The number of carboxylic acids is 1. The third-order valence-corrected chi connectivity index (χ3v) is 9.42. The summed E-state index contributed by atoms with van der Waals surface area (Å²) in [5.41, 5.74) is -1.68. The Bertz CT molecular complexity index is 910. The summed E-state index contributed by atoms with van der Waals surface area (Å²) < 4.78 is 4.97. The number of hydrogen-bond donors (Lipinski definition) is 3. The summed E-state index contributed by atoms with van der Waals surface area (Å²) in [4.78, 5) is 47.5. The summed E-state index contributed by atoms with van der Waals surface area (Å²) in [5, 5.41) is 31.6. The van der Waals surface area contributed by atoms with Gasteiger partial charge in [0.15, 0.2) is 12.4 Å². The van der Waals surface area contributed by atoms with Gasteiger partial charge in [-0.25, -0.2) is 0 Å². The standard InChI is InChI=1S/C25H34O8.H2O/c1-23-9-7-15(26)11-14(23)3-4-16-17-8-10-25(32,24(17,2)12-18(27)22(16)23)19(28)13-33-21(31)6-5-20(29)30;/h11,16-18,22,27,32H,3-10,12-13H2,1-2H3,(H,29,30);1H2. The topological polar surface area (TPSA) is 170 Å². The van der Waals surface area contributed by atoms with E-state index in [2.05, 4.69) is 6.92 Å².